The summed E-state index contributed by atoms with van der Waals surface area (Å²) in [5.41, 5.74) is 3.41. The van der Waals surface area contributed by atoms with E-state index in [0.717, 1.165) is 36.1 Å². The third kappa shape index (κ3) is 4.73. The van der Waals surface area contributed by atoms with Gasteiger partial charge in [0, 0.05) is 16.5 Å². The SMILES string of the molecule is COc1cc(-c2cc(-c3ccccc3)nc(SCC(=O)C34CC5CC(CC(C5)C3)C4)c2C#N)cc(OC)c1OC. The summed E-state index contributed by atoms with van der Waals surface area (Å²) >= 11 is 1.40. The summed E-state index contributed by atoms with van der Waals surface area (Å²) in [5, 5.41) is 11.0. The van der Waals surface area contributed by atoms with E-state index in [1.807, 2.05) is 48.5 Å². The Kier molecular flexibility index (Phi) is 7.22. The number of nitriles is 1. The number of ketones is 1. The minimum absolute atomic E-state index is 0.175. The zero-order valence-corrected chi connectivity index (χ0v) is 24.1. The Balaban J connectivity index is 1.40. The lowest BCUT2D eigenvalue weighted by Crippen LogP contribution is -2.50. The molecule has 4 aliphatic carbocycles. The lowest BCUT2D eigenvalue weighted by Gasteiger charge is -2.56. The van der Waals surface area contributed by atoms with Crippen LogP contribution in [-0.2, 0) is 4.79 Å². The maximum Gasteiger partial charge on any atom is 0.203 e. The second-order valence-corrected chi connectivity index (χ2v) is 12.5. The molecule has 4 bridgehead atoms. The van der Waals surface area contributed by atoms with Crippen LogP contribution < -0.4 is 14.2 Å². The van der Waals surface area contributed by atoms with Gasteiger partial charge < -0.3 is 14.2 Å². The number of hydrogen-bond donors (Lipinski definition) is 0. The predicted octanol–water partition coefficient (Wildman–Crippen LogP) is 7.19. The quantitative estimate of drug-likeness (QED) is 0.259. The second-order valence-electron chi connectivity index (χ2n) is 11.5. The van der Waals surface area contributed by atoms with Crippen LogP contribution in [0.4, 0.5) is 0 Å². The van der Waals surface area contributed by atoms with E-state index in [1.54, 1.807) is 21.3 Å². The summed E-state index contributed by atoms with van der Waals surface area (Å²) in [6, 6.07) is 17.9. The van der Waals surface area contributed by atoms with Crippen LogP contribution in [-0.4, -0.2) is 37.8 Å². The van der Waals surface area contributed by atoms with Crippen LogP contribution in [0.5, 0.6) is 17.2 Å². The van der Waals surface area contributed by atoms with Gasteiger partial charge in [0.15, 0.2) is 11.5 Å². The fourth-order valence-corrected chi connectivity index (χ4v) is 8.73. The fraction of sp³-hybridized carbons (Fsp3) is 0.424. The van der Waals surface area contributed by atoms with E-state index < -0.39 is 0 Å². The number of nitrogens with zero attached hydrogens (tertiary/aromatic N) is 2. The largest absolute Gasteiger partial charge is 0.493 e. The molecular weight excluding hydrogens is 520 g/mol. The van der Waals surface area contributed by atoms with Gasteiger partial charge in [0.05, 0.1) is 38.3 Å². The van der Waals surface area contributed by atoms with Crippen LogP contribution >= 0.6 is 11.8 Å². The first-order chi connectivity index (χ1) is 19.5. The van der Waals surface area contributed by atoms with Crippen molar-refractivity contribution < 1.29 is 19.0 Å². The molecule has 0 spiro atoms. The molecule has 4 saturated carbocycles. The minimum Gasteiger partial charge on any atom is -0.493 e. The lowest BCUT2D eigenvalue weighted by atomic mass is 9.48. The van der Waals surface area contributed by atoms with Crippen molar-refractivity contribution in [2.75, 3.05) is 27.1 Å². The molecule has 6 nitrogen and oxygen atoms in total. The van der Waals surface area contributed by atoms with Crippen molar-refractivity contribution in [3.8, 4) is 45.7 Å². The summed E-state index contributed by atoms with van der Waals surface area (Å²) in [5.74, 6) is 4.29. The van der Waals surface area contributed by atoms with Crippen LogP contribution in [0, 0.1) is 34.5 Å². The van der Waals surface area contributed by atoms with Gasteiger partial charge in [-0.15, -0.1) is 0 Å². The number of methoxy groups -OCH3 is 3. The molecule has 1 heterocycles. The molecule has 7 rings (SSSR count). The summed E-state index contributed by atoms with van der Waals surface area (Å²) in [6.45, 7) is 0. The first-order valence-electron chi connectivity index (χ1n) is 13.9. The predicted molar refractivity (Wildman–Crippen MR) is 156 cm³/mol. The highest BCUT2D eigenvalue weighted by Gasteiger charge is 2.54. The van der Waals surface area contributed by atoms with Crippen molar-refractivity contribution >= 4 is 17.5 Å². The van der Waals surface area contributed by atoms with Crippen molar-refractivity contribution in [2.45, 2.75) is 43.6 Å². The zero-order chi connectivity index (χ0) is 27.9. The zero-order valence-electron chi connectivity index (χ0n) is 23.2. The summed E-state index contributed by atoms with van der Waals surface area (Å²) in [7, 11) is 4.72. The highest BCUT2D eigenvalue weighted by Crippen LogP contribution is 2.60. The fourth-order valence-electron chi connectivity index (χ4n) is 7.69. The van der Waals surface area contributed by atoms with Gasteiger partial charge in [-0.05, 0) is 80.0 Å². The van der Waals surface area contributed by atoms with E-state index in [2.05, 4.69) is 6.07 Å². The van der Waals surface area contributed by atoms with Crippen molar-refractivity contribution in [3.05, 3.63) is 54.1 Å². The summed E-state index contributed by atoms with van der Waals surface area (Å²) < 4.78 is 16.7. The number of thioether (sulfide) groups is 1. The number of carbonyl (C=O) groups excluding carboxylic acids is 1. The Morgan fingerprint density at radius 3 is 2.05 bits per heavy atom. The van der Waals surface area contributed by atoms with Crippen LogP contribution in [0.15, 0.2) is 53.6 Å². The molecule has 4 fully saturated rings. The molecule has 1 aromatic heterocycles. The van der Waals surface area contributed by atoms with Gasteiger partial charge in [0.1, 0.15) is 16.9 Å². The van der Waals surface area contributed by atoms with Gasteiger partial charge in [-0.1, -0.05) is 42.1 Å². The van der Waals surface area contributed by atoms with E-state index >= 15 is 0 Å². The van der Waals surface area contributed by atoms with E-state index in [9.17, 15) is 10.1 Å². The number of rotatable bonds is 9. The summed E-state index contributed by atoms with van der Waals surface area (Å²) in [6.07, 6.45) is 7.03. The molecular formula is C33H34N2O4S. The summed E-state index contributed by atoms with van der Waals surface area (Å²) in [4.78, 5) is 18.8. The van der Waals surface area contributed by atoms with Gasteiger partial charge in [-0.2, -0.15) is 5.26 Å². The number of aromatic nitrogens is 1. The van der Waals surface area contributed by atoms with Crippen LogP contribution in [0.2, 0.25) is 0 Å². The van der Waals surface area contributed by atoms with Crippen LogP contribution in [0.1, 0.15) is 44.1 Å². The maximum atomic E-state index is 13.8. The third-order valence-electron chi connectivity index (χ3n) is 9.11. The van der Waals surface area contributed by atoms with Crippen molar-refractivity contribution in [3.63, 3.8) is 0 Å². The lowest BCUT2D eigenvalue weighted by molar-refractivity contribution is -0.141. The van der Waals surface area contributed by atoms with Gasteiger partial charge in [-0.25, -0.2) is 4.98 Å². The van der Waals surface area contributed by atoms with Gasteiger partial charge in [-0.3, -0.25) is 4.79 Å². The van der Waals surface area contributed by atoms with Gasteiger partial charge in [0.2, 0.25) is 5.75 Å². The van der Waals surface area contributed by atoms with E-state index in [4.69, 9.17) is 19.2 Å². The molecule has 0 radical (unpaired) electrons. The highest BCUT2D eigenvalue weighted by molar-refractivity contribution is 8.00. The normalized spacial score (nSPS) is 24.4. The molecule has 0 aliphatic heterocycles. The van der Waals surface area contributed by atoms with Crippen molar-refractivity contribution in [1.82, 2.24) is 4.98 Å². The van der Waals surface area contributed by atoms with Gasteiger partial charge >= 0.3 is 0 Å². The Morgan fingerprint density at radius 2 is 1.52 bits per heavy atom. The molecule has 2 aromatic carbocycles. The first-order valence-corrected chi connectivity index (χ1v) is 14.9. The molecule has 0 atom stereocenters. The Hall–Kier alpha value is -3.50. The number of ether oxygens (including phenoxy) is 3. The second kappa shape index (κ2) is 10.8. The Morgan fingerprint density at radius 1 is 0.925 bits per heavy atom. The average Bonchev–Trinajstić information content (AvgIpc) is 2.98. The topological polar surface area (TPSA) is 81.4 Å². The maximum absolute atomic E-state index is 13.8. The number of Topliss-reactive ketones (excluding diaryl/α,β-unsaturated/α-hetero) is 1. The van der Waals surface area contributed by atoms with Crippen molar-refractivity contribution in [1.29, 1.82) is 5.26 Å². The monoisotopic (exact) mass is 554 g/mol. The highest BCUT2D eigenvalue weighted by atomic mass is 32.2. The minimum atomic E-state index is -0.175. The molecule has 0 amide bonds. The van der Waals surface area contributed by atoms with E-state index in [0.29, 0.717) is 62.7 Å². The van der Waals surface area contributed by atoms with Crippen LogP contribution in [0.25, 0.3) is 22.4 Å². The molecule has 40 heavy (non-hydrogen) atoms. The molecule has 206 valence electrons. The first kappa shape index (κ1) is 26.7. The third-order valence-corrected chi connectivity index (χ3v) is 10.1. The number of hydrogen-bond acceptors (Lipinski definition) is 7. The molecule has 0 N–H and O–H groups in total. The molecule has 3 aromatic rings. The standard InChI is InChI=1S/C33H34N2O4S/c1-37-28-12-24(13-29(38-2)31(28)39-3)25-14-27(23-7-5-4-6-8-23)35-32(26(25)18-34)40-19-30(36)33-15-20-9-21(16-33)11-22(10-20)17-33/h4-8,12-14,20-22H,9-11,15-17,19H2,1-3H3. The molecule has 4 aliphatic rings. The molecule has 0 unspecified atom stereocenters. The van der Waals surface area contributed by atoms with Gasteiger partial charge in [0.25, 0.3) is 0 Å². The Bertz CT molecular complexity index is 1420. The van der Waals surface area contributed by atoms with Crippen LogP contribution in [0.3, 0.4) is 0 Å². The number of carbonyl (C=O) groups is 1. The molecule has 7 heteroatoms. The van der Waals surface area contributed by atoms with E-state index in [1.165, 1.54) is 31.0 Å². The Labute approximate surface area is 240 Å². The molecule has 0 saturated heterocycles. The number of benzene rings is 2. The average molecular weight is 555 g/mol. The van der Waals surface area contributed by atoms with Crippen molar-refractivity contribution in [2.24, 2.45) is 23.2 Å². The smallest absolute Gasteiger partial charge is 0.203 e. The van der Waals surface area contributed by atoms with E-state index in [-0.39, 0.29) is 5.41 Å². The number of pyridine rings is 1.